The van der Waals surface area contributed by atoms with Crippen LogP contribution in [0, 0.1) is 5.92 Å². The number of methoxy groups -OCH3 is 1. The Labute approximate surface area is 121 Å². The molecule has 3 heteroatoms. The van der Waals surface area contributed by atoms with Gasteiger partial charge in [0.2, 0.25) is 0 Å². The van der Waals surface area contributed by atoms with E-state index in [4.69, 9.17) is 4.74 Å². The summed E-state index contributed by atoms with van der Waals surface area (Å²) >= 11 is 0. The molecule has 0 unspecified atom stereocenters. The predicted molar refractivity (Wildman–Crippen MR) is 81.4 cm³/mol. The number of ether oxygens (including phenoxy) is 1. The van der Waals surface area contributed by atoms with Gasteiger partial charge in [-0.15, -0.1) is 0 Å². The fraction of sp³-hybridized carbons (Fsp3) is 0.471. The van der Waals surface area contributed by atoms with Gasteiger partial charge in [0.15, 0.2) is 0 Å². The summed E-state index contributed by atoms with van der Waals surface area (Å²) in [5.41, 5.74) is 4.20. The minimum Gasteiger partial charge on any atom is -0.469 e. The number of esters is 1. The molecule has 0 saturated heterocycles. The van der Waals surface area contributed by atoms with E-state index in [9.17, 15) is 4.79 Å². The molecule has 2 rings (SSSR count). The summed E-state index contributed by atoms with van der Waals surface area (Å²) in [6.07, 6.45) is 4.34. The van der Waals surface area contributed by atoms with E-state index in [2.05, 4.69) is 42.6 Å². The molecule has 0 radical (unpaired) electrons. The molecule has 0 spiro atoms. The van der Waals surface area contributed by atoms with E-state index in [1.807, 2.05) is 6.92 Å². The highest BCUT2D eigenvalue weighted by molar-refractivity contribution is 5.73. The molecule has 108 valence electrons. The first-order valence-corrected chi connectivity index (χ1v) is 7.20. The van der Waals surface area contributed by atoms with Crippen LogP contribution < -0.4 is 5.32 Å². The summed E-state index contributed by atoms with van der Waals surface area (Å²) in [7, 11) is 1.43. The van der Waals surface area contributed by atoms with Crippen LogP contribution in [0.15, 0.2) is 30.3 Å². The van der Waals surface area contributed by atoms with Crippen LogP contribution in [0.4, 0.5) is 0 Å². The Morgan fingerprint density at radius 2 is 2.10 bits per heavy atom. The Kier molecular flexibility index (Phi) is 4.96. The summed E-state index contributed by atoms with van der Waals surface area (Å²) in [4.78, 5) is 11.4. The molecule has 20 heavy (non-hydrogen) atoms. The maximum absolute atomic E-state index is 11.4. The summed E-state index contributed by atoms with van der Waals surface area (Å²) in [6, 6.07) is 8.92. The zero-order valence-corrected chi connectivity index (χ0v) is 12.5. The minimum absolute atomic E-state index is 0.104. The van der Waals surface area contributed by atoms with Gasteiger partial charge in [-0.25, -0.2) is 0 Å². The van der Waals surface area contributed by atoms with Crippen molar-refractivity contribution in [3.8, 4) is 0 Å². The molecule has 1 aromatic carbocycles. The number of rotatable bonds is 6. The van der Waals surface area contributed by atoms with Crippen molar-refractivity contribution in [2.45, 2.75) is 32.7 Å². The molecule has 1 aliphatic carbocycles. The maximum Gasteiger partial charge on any atom is 0.309 e. The van der Waals surface area contributed by atoms with Gasteiger partial charge in [-0.3, -0.25) is 4.79 Å². The van der Waals surface area contributed by atoms with Crippen LogP contribution in [0.5, 0.6) is 0 Å². The fourth-order valence-corrected chi connectivity index (χ4v) is 2.61. The minimum atomic E-state index is -0.157. The summed E-state index contributed by atoms with van der Waals surface area (Å²) in [5, 5.41) is 3.41. The maximum atomic E-state index is 11.4. The van der Waals surface area contributed by atoms with Crippen molar-refractivity contribution in [2.24, 2.45) is 5.92 Å². The normalized spacial score (nSPS) is 16.2. The first-order valence-electron chi connectivity index (χ1n) is 7.20. The second-order valence-electron chi connectivity index (χ2n) is 5.53. The van der Waals surface area contributed by atoms with Crippen LogP contribution in [-0.2, 0) is 16.0 Å². The topological polar surface area (TPSA) is 38.3 Å². The van der Waals surface area contributed by atoms with E-state index in [1.165, 1.54) is 23.8 Å². The summed E-state index contributed by atoms with van der Waals surface area (Å²) in [6.45, 7) is 4.70. The molecular formula is C17H23NO2. The van der Waals surface area contributed by atoms with Crippen molar-refractivity contribution in [2.75, 3.05) is 13.7 Å². The zero-order valence-electron chi connectivity index (χ0n) is 12.5. The average Bonchev–Trinajstić information content (AvgIpc) is 2.87. The second-order valence-corrected chi connectivity index (χ2v) is 5.53. The zero-order chi connectivity index (χ0) is 14.5. The standard InChI is InChI=1S/C17H23NO2/c1-12(17(19)20-3)11-18-13(2)10-15-9-8-14-6-4-5-7-16(14)15/h4-7,9,12-13,18H,8,10-11H2,1-3H3/t12-,13+/m0/s1. The van der Waals surface area contributed by atoms with Crippen LogP contribution in [0.3, 0.4) is 0 Å². The number of carbonyl (C=O) groups is 1. The number of nitrogens with one attached hydrogen (secondary N) is 1. The van der Waals surface area contributed by atoms with Crippen molar-refractivity contribution in [3.63, 3.8) is 0 Å². The van der Waals surface area contributed by atoms with Gasteiger partial charge >= 0.3 is 5.97 Å². The van der Waals surface area contributed by atoms with Gasteiger partial charge in [0.05, 0.1) is 13.0 Å². The number of benzene rings is 1. The lowest BCUT2D eigenvalue weighted by atomic mass is 10.00. The lowest BCUT2D eigenvalue weighted by Gasteiger charge is -2.17. The third kappa shape index (κ3) is 3.48. The number of fused-ring (bicyclic) bond motifs is 1. The van der Waals surface area contributed by atoms with E-state index in [0.29, 0.717) is 12.6 Å². The fourth-order valence-electron chi connectivity index (χ4n) is 2.61. The Morgan fingerprint density at radius 1 is 1.35 bits per heavy atom. The molecule has 0 saturated carbocycles. The largest absolute Gasteiger partial charge is 0.469 e. The summed E-state index contributed by atoms with van der Waals surface area (Å²) in [5.74, 6) is -0.262. The molecule has 0 fully saturated rings. The third-order valence-corrected chi connectivity index (χ3v) is 3.83. The Bertz CT molecular complexity index is 507. The molecule has 1 N–H and O–H groups in total. The monoisotopic (exact) mass is 273 g/mol. The van der Waals surface area contributed by atoms with Crippen LogP contribution in [0.1, 0.15) is 31.4 Å². The molecule has 3 nitrogen and oxygen atoms in total. The summed E-state index contributed by atoms with van der Waals surface area (Å²) < 4.78 is 4.73. The van der Waals surface area contributed by atoms with Gasteiger partial charge in [0.25, 0.3) is 0 Å². The molecule has 0 aromatic heterocycles. The van der Waals surface area contributed by atoms with Gasteiger partial charge in [0.1, 0.15) is 0 Å². The highest BCUT2D eigenvalue weighted by atomic mass is 16.5. The highest BCUT2D eigenvalue weighted by Gasteiger charge is 2.17. The quantitative estimate of drug-likeness (QED) is 0.810. The van der Waals surface area contributed by atoms with E-state index in [1.54, 1.807) is 0 Å². The molecule has 0 bridgehead atoms. The van der Waals surface area contributed by atoms with Crippen molar-refractivity contribution in [1.29, 1.82) is 0 Å². The van der Waals surface area contributed by atoms with Crippen LogP contribution in [-0.4, -0.2) is 25.7 Å². The molecule has 1 aliphatic rings. The van der Waals surface area contributed by atoms with E-state index >= 15 is 0 Å². The van der Waals surface area contributed by atoms with Gasteiger partial charge < -0.3 is 10.1 Å². The van der Waals surface area contributed by atoms with Crippen molar-refractivity contribution >= 4 is 11.5 Å². The van der Waals surface area contributed by atoms with Crippen molar-refractivity contribution < 1.29 is 9.53 Å². The van der Waals surface area contributed by atoms with E-state index < -0.39 is 0 Å². The van der Waals surface area contributed by atoms with Gasteiger partial charge in [-0.05, 0) is 36.5 Å². The Hall–Kier alpha value is -1.61. The Morgan fingerprint density at radius 3 is 2.85 bits per heavy atom. The molecule has 0 amide bonds. The SMILES string of the molecule is COC(=O)[C@@H](C)CN[C@H](C)CC1=CCc2ccccc21. The third-order valence-electron chi connectivity index (χ3n) is 3.83. The molecule has 0 heterocycles. The molecule has 0 aliphatic heterocycles. The van der Waals surface area contributed by atoms with Crippen molar-refractivity contribution in [3.05, 3.63) is 41.5 Å². The number of hydrogen-bond donors (Lipinski definition) is 1. The van der Waals surface area contributed by atoms with Crippen LogP contribution >= 0.6 is 0 Å². The van der Waals surface area contributed by atoms with Gasteiger partial charge in [0, 0.05) is 12.6 Å². The van der Waals surface area contributed by atoms with E-state index in [-0.39, 0.29) is 11.9 Å². The lowest BCUT2D eigenvalue weighted by molar-refractivity contribution is -0.144. The number of allylic oxidation sites excluding steroid dienone is 1. The lowest BCUT2D eigenvalue weighted by Crippen LogP contribution is -2.33. The van der Waals surface area contributed by atoms with Crippen molar-refractivity contribution in [1.82, 2.24) is 5.32 Å². The number of carbonyl (C=O) groups excluding carboxylic acids is 1. The molecule has 2 atom stereocenters. The molecular weight excluding hydrogens is 250 g/mol. The average molecular weight is 273 g/mol. The van der Waals surface area contributed by atoms with E-state index in [0.717, 1.165) is 12.8 Å². The van der Waals surface area contributed by atoms with Crippen LogP contribution in [0.2, 0.25) is 0 Å². The Balaban J connectivity index is 1.84. The van der Waals surface area contributed by atoms with Crippen LogP contribution in [0.25, 0.3) is 5.57 Å². The molecule has 1 aromatic rings. The first-order chi connectivity index (χ1) is 9.61. The number of hydrogen-bond acceptors (Lipinski definition) is 3. The first kappa shape index (κ1) is 14.8. The van der Waals surface area contributed by atoms with Gasteiger partial charge in [-0.2, -0.15) is 0 Å². The second kappa shape index (κ2) is 6.71. The van der Waals surface area contributed by atoms with Gasteiger partial charge in [-0.1, -0.05) is 37.3 Å². The smallest absolute Gasteiger partial charge is 0.309 e. The highest BCUT2D eigenvalue weighted by Crippen LogP contribution is 2.30. The predicted octanol–water partition coefficient (Wildman–Crippen LogP) is 2.80.